The standard InChI is InChI=1S/C7H14N2.C2H4O2/c1-2-5-9-6-3-8-4-7-9;1-2(3)4/h2,8H,1,3-7H2;1H3,(H,3,4). The zero-order valence-electron chi connectivity index (χ0n) is 8.12. The summed E-state index contributed by atoms with van der Waals surface area (Å²) >= 11 is 0. The minimum Gasteiger partial charge on any atom is -0.481 e. The Morgan fingerprint density at radius 1 is 1.62 bits per heavy atom. The number of carboxylic acids is 1. The van der Waals surface area contributed by atoms with Crippen LogP contribution >= 0.6 is 0 Å². The average molecular weight is 186 g/mol. The lowest BCUT2D eigenvalue weighted by molar-refractivity contribution is -0.134. The first-order valence-corrected chi connectivity index (χ1v) is 4.40. The third kappa shape index (κ3) is 9.04. The molecule has 0 aromatic heterocycles. The van der Waals surface area contributed by atoms with Crippen LogP contribution in [-0.4, -0.2) is 48.7 Å². The smallest absolute Gasteiger partial charge is 0.300 e. The molecule has 13 heavy (non-hydrogen) atoms. The summed E-state index contributed by atoms with van der Waals surface area (Å²) in [6, 6.07) is 0. The Bertz CT molecular complexity index is 150. The normalized spacial score (nSPS) is 17.0. The molecular weight excluding hydrogens is 168 g/mol. The maximum absolute atomic E-state index is 9.00. The second-order valence-electron chi connectivity index (χ2n) is 2.86. The summed E-state index contributed by atoms with van der Waals surface area (Å²) in [4.78, 5) is 11.4. The first-order chi connectivity index (χ1) is 6.16. The van der Waals surface area contributed by atoms with Crippen LogP contribution in [0.2, 0.25) is 0 Å². The Balaban J connectivity index is 0.000000310. The van der Waals surface area contributed by atoms with Crippen LogP contribution in [0.25, 0.3) is 0 Å². The molecule has 0 saturated carbocycles. The molecule has 4 nitrogen and oxygen atoms in total. The van der Waals surface area contributed by atoms with Crippen LogP contribution in [0.15, 0.2) is 12.7 Å². The van der Waals surface area contributed by atoms with Crippen molar-refractivity contribution in [3.63, 3.8) is 0 Å². The topological polar surface area (TPSA) is 52.6 Å². The van der Waals surface area contributed by atoms with Crippen molar-refractivity contribution in [2.45, 2.75) is 6.92 Å². The summed E-state index contributed by atoms with van der Waals surface area (Å²) in [5.41, 5.74) is 0. The minimum absolute atomic E-state index is 0.833. The molecular formula is C9H18N2O2. The van der Waals surface area contributed by atoms with Crippen molar-refractivity contribution in [1.82, 2.24) is 10.2 Å². The molecule has 0 spiro atoms. The van der Waals surface area contributed by atoms with Crippen LogP contribution in [0.1, 0.15) is 6.92 Å². The van der Waals surface area contributed by atoms with Gasteiger partial charge in [0.25, 0.3) is 5.97 Å². The fourth-order valence-electron chi connectivity index (χ4n) is 1.08. The van der Waals surface area contributed by atoms with Gasteiger partial charge in [0.15, 0.2) is 0 Å². The van der Waals surface area contributed by atoms with Gasteiger partial charge in [0.2, 0.25) is 0 Å². The highest BCUT2D eigenvalue weighted by Gasteiger charge is 2.05. The first kappa shape index (κ1) is 12.1. The minimum atomic E-state index is -0.833. The summed E-state index contributed by atoms with van der Waals surface area (Å²) in [6.07, 6.45) is 1.96. The van der Waals surface area contributed by atoms with Crippen molar-refractivity contribution in [2.75, 3.05) is 32.7 Å². The molecule has 1 aliphatic heterocycles. The number of carboxylic acid groups (broad SMARTS) is 1. The van der Waals surface area contributed by atoms with Crippen LogP contribution < -0.4 is 5.32 Å². The summed E-state index contributed by atoms with van der Waals surface area (Å²) in [5, 5.41) is 10.7. The third-order valence-corrected chi connectivity index (χ3v) is 1.60. The van der Waals surface area contributed by atoms with Crippen LogP contribution in [0.4, 0.5) is 0 Å². The summed E-state index contributed by atoms with van der Waals surface area (Å²) in [6.45, 7) is 10.4. The van der Waals surface area contributed by atoms with E-state index in [9.17, 15) is 0 Å². The molecule has 0 aromatic rings. The number of hydrogen-bond acceptors (Lipinski definition) is 3. The maximum Gasteiger partial charge on any atom is 0.300 e. The molecule has 2 N–H and O–H groups in total. The van der Waals surface area contributed by atoms with E-state index in [1.165, 1.54) is 13.1 Å². The third-order valence-electron chi connectivity index (χ3n) is 1.60. The van der Waals surface area contributed by atoms with Gasteiger partial charge in [-0.25, -0.2) is 0 Å². The van der Waals surface area contributed by atoms with E-state index in [-0.39, 0.29) is 0 Å². The first-order valence-electron chi connectivity index (χ1n) is 4.40. The van der Waals surface area contributed by atoms with Gasteiger partial charge in [0.1, 0.15) is 0 Å². The molecule has 0 atom stereocenters. The van der Waals surface area contributed by atoms with Gasteiger partial charge in [-0.2, -0.15) is 0 Å². The monoisotopic (exact) mass is 186 g/mol. The molecule has 0 amide bonds. The molecule has 1 saturated heterocycles. The molecule has 0 bridgehead atoms. The molecule has 1 fully saturated rings. The molecule has 0 unspecified atom stereocenters. The largest absolute Gasteiger partial charge is 0.481 e. The van der Waals surface area contributed by atoms with E-state index in [0.29, 0.717) is 0 Å². The summed E-state index contributed by atoms with van der Waals surface area (Å²) in [5.74, 6) is -0.833. The quantitative estimate of drug-likeness (QED) is 0.604. The van der Waals surface area contributed by atoms with E-state index < -0.39 is 5.97 Å². The second-order valence-corrected chi connectivity index (χ2v) is 2.86. The number of hydrogen-bond donors (Lipinski definition) is 2. The number of rotatable bonds is 2. The fourth-order valence-corrected chi connectivity index (χ4v) is 1.08. The number of nitrogens with zero attached hydrogens (tertiary/aromatic N) is 1. The van der Waals surface area contributed by atoms with Gasteiger partial charge < -0.3 is 10.4 Å². The van der Waals surface area contributed by atoms with E-state index in [4.69, 9.17) is 9.90 Å². The second kappa shape index (κ2) is 7.76. The zero-order valence-corrected chi connectivity index (χ0v) is 8.12. The molecule has 1 aliphatic rings. The van der Waals surface area contributed by atoms with Crippen LogP contribution in [-0.2, 0) is 4.79 Å². The molecule has 4 heteroatoms. The van der Waals surface area contributed by atoms with E-state index in [1.807, 2.05) is 6.08 Å². The predicted octanol–water partition coefficient (Wildman–Crippen LogP) is 0.169. The molecule has 76 valence electrons. The molecule has 1 rings (SSSR count). The van der Waals surface area contributed by atoms with Crippen molar-refractivity contribution in [2.24, 2.45) is 0 Å². The Kier molecular flexibility index (Phi) is 7.24. The molecule has 0 aliphatic carbocycles. The van der Waals surface area contributed by atoms with Crippen molar-refractivity contribution in [3.05, 3.63) is 12.7 Å². The van der Waals surface area contributed by atoms with Gasteiger partial charge >= 0.3 is 0 Å². The highest BCUT2D eigenvalue weighted by molar-refractivity contribution is 5.62. The van der Waals surface area contributed by atoms with Gasteiger partial charge in [-0.05, 0) is 0 Å². The van der Waals surface area contributed by atoms with Crippen LogP contribution in [0.3, 0.4) is 0 Å². The van der Waals surface area contributed by atoms with E-state index in [1.54, 1.807) is 0 Å². The van der Waals surface area contributed by atoms with Gasteiger partial charge in [-0.1, -0.05) is 6.08 Å². The number of carbonyl (C=O) groups is 1. The van der Waals surface area contributed by atoms with Crippen molar-refractivity contribution < 1.29 is 9.90 Å². The van der Waals surface area contributed by atoms with E-state index >= 15 is 0 Å². The van der Waals surface area contributed by atoms with Gasteiger partial charge in [0, 0.05) is 39.6 Å². The zero-order chi connectivity index (χ0) is 10.1. The Labute approximate surface area is 79.2 Å². The molecule has 0 aromatic carbocycles. The van der Waals surface area contributed by atoms with Crippen LogP contribution in [0, 0.1) is 0 Å². The van der Waals surface area contributed by atoms with Crippen molar-refractivity contribution >= 4 is 5.97 Å². The van der Waals surface area contributed by atoms with Crippen molar-refractivity contribution in [1.29, 1.82) is 0 Å². The van der Waals surface area contributed by atoms with Crippen LogP contribution in [0.5, 0.6) is 0 Å². The Morgan fingerprint density at radius 2 is 2.08 bits per heavy atom. The lowest BCUT2D eigenvalue weighted by Crippen LogP contribution is -2.43. The van der Waals surface area contributed by atoms with E-state index in [0.717, 1.165) is 26.6 Å². The van der Waals surface area contributed by atoms with Gasteiger partial charge in [0.05, 0.1) is 0 Å². The highest BCUT2D eigenvalue weighted by Crippen LogP contribution is 1.89. The lowest BCUT2D eigenvalue weighted by atomic mass is 10.3. The molecule has 0 radical (unpaired) electrons. The maximum atomic E-state index is 9.00. The number of aliphatic carboxylic acids is 1. The van der Waals surface area contributed by atoms with Gasteiger partial charge in [-0.15, -0.1) is 6.58 Å². The fraction of sp³-hybridized carbons (Fsp3) is 0.667. The Hall–Kier alpha value is -0.870. The highest BCUT2D eigenvalue weighted by atomic mass is 16.4. The lowest BCUT2D eigenvalue weighted by Gasteiger charge is -2.25. The summed E-state index contributed by atoms with van der Waals surface area (Å²) in [7, 11) is 0. The summed E-state index contributed by atoms with van der Waals surface area (Å²) < 4.78 is 0. The van der Waals surface area contributed by atoms with E-state index in [2.05, 4.69) is 16.8 Å². The van der Waals surface area contributed by atoms with Crippen molar-refractivity contribution in [3.8, 4) is 0 Å². The predicted molar refractivity (Wildman–Crippen MR) is 52.8 cm³/mol. The number of piperazine rings is 1. The Morgan fingerprint density at radius 3 is 2.46 bits per heavy atom. The average Bonchev–Trinajstić information content (AvgIpc) is 2.06. The molecule has 1 heterocycles. The van der Waals surface area contributed by atoms with Gasteiger partial charge in [-0.3, -0.25) is 9.69 Å². The SMILES string of the molecule is C=CCN1CCNCC1.CC(=O)O. The number of nitrogens with one attached hydrogen (secondary N) is 1.